The van der Waals surface area contributed by atoms with E-state index in [4.69, 9.17) is 0 Å². The van der Waals surface area contributed by atoms with Crippen LogP contribution in [0.2, 0.25) is 0 Å². The summed E-state index contributed by atoms with van der Waals surface area (Å²) in [5.41, 5.74) is -3.09. The number of halogens is 3. The van der Waals surface area contributed by atoms with Gasteiger partial charge in [0.1, 0.15) is 0 Å². The third-order valence-corrected chi connectivity index (χ3v) is 4.66. The van der Waals surface area contributed by atoms with Crippen molar-refractivity contribution in [3.05, 3.63) is 29.8 Å². The van der Waals surface area contributed by atoms with Crippen LogP contribution in [0.4, 0.5) is 13.2 Å². The largest absolute Gasteiger partial charge is 0.446 e. The van der Waals surface area contributed by atoms with Crippen LogP contribution >= 0.6 is 11.8 Å². The highest BCUT2D eigenvalue weighted by molar-refractivity contribution is 8.00. The zero-order valence-corrected chi connectivity index (χ0v) is 13.6. The molecule has 0 bridgehead atoms. The van der Waals surface area contributed by atoms with Crippen LogP contribution < -0.4 is 5.32 Å². The van der Waals surface area contributed by atoms with E-state index in [1.54, 1.807) is 12.1 Å². The molecular formula is C16H23F3N2S. The van der Waals surface area contributed by atoms with E-state index in [2.05, 4.69) is 17.1 Å². The van der Waals surface area contributed by atoms with Crippen molar-refractivity contribution in [1.82, 2.24) is 10.2 Å². The Bertz CT molecular complexity index is 442. The quantitative estimate of drug-likeness (QED) is 0.776. The van der Waals surface area contributed by atoms with E-state index in [0.29, 0.717) is 6.04 Å². The molecule has 0 aromatic heterocycles. The number of nitrogens with one attached hydrogen (secondary N) is 1. The summed E-state index contributed by atoms with van der Waals surface area (Å²) in [5.74, 6) is 0. The smallest absolute Gasteiger partial charge is 0.314 e. The fraction of sp³-hybridized carbons (Fsp3) is 0.625. The van der Waals surface area contributed by atoms with Crippen LogP contribution in [0.15, 0.2) is 29.2 Å². The Kier molecular flexibility index (Phi) is 6.59. The van der Waals surface area contributed by atoms with Gasteiger partial charge in [0.15, 0.2) is 0 Å². The second kappa shape index (κ2) is 8.22. The van der Waals surface area contributed by atoms with Gasteiger partial charge >= 0.3 is 5.51 Å². The Labute approximate surface area is 134 Å². The van der Waals surface area contributed by atoms with E-state index < -0.39 is 5.51 Å². The number of unbranched alkanes of at least 4 members (excludes halogenated alkanes) is 1. The summed E-state index contributed by atoms with van der Waals surface area (Å²) in [5, 5.41) is 3.34. The van der Waals surface area contributed by atoms with Gasteiger partial charge in [-0.2, -0.15) is 13.2 Å². The molecule has 1 aromatic carbocycles. The lowest BCUT2D eigenvalue weighted by Crippen LogP contribution is -2.45. The number of nitrogens with zero attached hydrogens (tertiary/aromatic N) is 1. The molecule has 1 aliphatic heterocycles. The first-order valence-electron chi connectivity index (χ1n) is 7.80. The number of benzene rings is 1. The SMILES string of the molecule is CCCC[C@H](c1ccc(SC(F)(F)F)cc1)N1CCNCC1. The van der Waals surface area contributed by atoms with Crippen LogP contribution in [-0.4, -0.2) is 36.6 Å². The fourth-order valence-electron chi connectivity index (χ4n) is 2.84. The molecule has 0 spiro atoms. The molecule has 0 amide bonds. The predicted octanol–water partition coefficient (Wildman–Crippen LogP) is 4.44. The topological polar surface area (TPSA) is 15.3 Å². The van der Waals surface area contributed by atoms with Crippen molar-refractivity contribution in [3.8, 4) is 0 Å². The van der Waals surface area contributed by atoms with E-state index in [1.807, 2.05) is 12.1 Å². The third kappa shape index (κ3) is 5.48. The molecule has 1 heterocycles. The number of hydrogen-bond donors (Lipinski definition) is 1. The van der Waals surface area contributed by atoms with Gasteiger partial charge in [0.25, 0.3) is 0 Å². The maximum atomic E-state index is 12.4. The molecule has 2 rings (SSSR count). The van der Waals surface area contributed by atoms with E-state index in [0.717, 1.165) is 51.0 Å². The molecule has 2 nitrogen and oxygen atoms in total. The molecule has 22 heavy (non-hydrogen) atoms. The number of hydrogen-bond acceptors (Lipinski definition) is 3. The Morgan fingerprint density at radius 1 is 1.18 bits per heavy atom. The minimum atomic E-state index is -4.22. The average Bonchev–Trinajstić information content (AvgIpc) is 2.49. The normalized spacial score (nSPS) is 18.4. The van der Waals surface area contributed by atoms with Crippen molar-refractivity contribution in [2.24, 2.45) is 0 Å². The third-order valence-electron chi connectivity index (χ3n) is 3.92. The molecule has 0 unspecified atom stereocenters. The molecule has 1 atom stereocenters. The first-order chi connectivity index (χ1) is 10.5. The lowest BCUT2D eigenvalue weighted by Gasteiger charge is -2.35. The summed E-state index contributed by atoms with van der Waals surface area (Å²) < 4.78 is 37.2. The Balaban J connectivity index is 2.09. The van der Waals surface area contributed by atoms with Gasteiger partial charge in [-0.1, -0.05) is 31.9 Å². The maximum Gasteiger partial charge on any atom is 0.446 e. The zero-order valence-electron chi connectivity index (χ0n) is 12.8. The van der Waals surface area contributed by atoms with Crippen LogP contribution in [0, 0.1) is 0 Å². The minimum Gasteiger partial charge on any atom is -0.314 e. The van der Waals surface area contributed by atoms with Crippen LogP contribution in [0.5, 0.6) is 0 Å². The summed E-state index contributed by atoms with van der Waals surface area (Å²) in [6.45, 7) is 6.11. The number of alkyl halides is 3. The van der Waals surface area contributed by atoms with Gasteiger partial charge in [0, 0.05) is 37.1 Å². The minimum absolute atomic E-state index is 0.0490. The maximum absolute atomic E-state index is 12.4. The first-order valence-corrected chi connectivity index (χ1v) is 8.61. The summed E-state index contributed by atoms with van der Waals surface area (Å²) >= 11 is -0.0490. The predicted molar refractivity (Wildman–Crippen MR) is 85.1 cm³/mol. The first kappa shape index (κ1) is 17.6. The van der Waals surface area contributed by atoms with Crippen molar-refractivity contribution in [3.63, 3.8) is 0 Å². The average molecular weight is 332 g/mol. The van der Waals surface area contributed by atoms with Gasteiger partial charge in [0.05, 0.1) is 0 Å². The highest BCUT2D eigenvalue weighted by atomic mass is 32.2. The summed E-state index contributed by atoms with van der Waals surface area (Å²) in [6, 6.07) is 7.21. The Morgan fingerprint density at radius 3 is 2.36 bits per heavy atom. The number of thioether (sulfide) groups is 1. The van der Waals surface area contributed by atoms with E-state index in [-0.39, 0.29) is 16.7 Å². The van der Waals surface area contributed by atoms with Crippen molar-refractivity contribution in [2.45, 2.75) is 42.6 Å². The summed E-state index contributed by atoms with van der Waals surface area (Å²) in [7, 11) is 0. The molecule has 1 N–H and O–H groups in total. The van der Waals surface area contributed by atoms with Gasteiger partial charge in [-0.15, -0.1) is 0 Å². The molecular weight excluding hydrogens is 309 g/mol. The molecule has 124 valence electrons. The van der Waals surface area contributed by atoms with Gasteiger partial charge in [0.2, 0.25) is 0 Å². The number of rotatable bonds is 6. The zero-order chi connectivity index (χ0) is 16.0. The van der Waals surface area contributed by atoms with E-state index in [1.165, 1.54) is 0 Å². The van der Waals surface area contributed by atoms with Crippen LogP contribution in [0.25, 0.3) is 0 Å². The summed E-state index contributed by atoms with van der Waals surface area (Å²) in [6.07, 6.45) is 3.32. The van der Waals surface area contributed by atoms with E-state index >= 15 is 0 Å². The van der Waals surface area contributed by atoms with Crippen molar-refractivity contribution < 1.29 is 13.2 Å². The standard InChI is InChI=1S/C16H23F3N2S/c1-2-3-4-15(21-11-9-20-10-12-21)13-5-7-14(8-6-13)22-16(17,18)19/h5-8,15,20H,2-4,9-12H2,1H3/t15-/m1/s1. The Hall–Kier alpha value is -0.720. The molecule has 1 aliphatic rings. The van der Waals surface area contributed by atoms with Gasteiger partial charge in [-0.3, -0.25) is 4.90 Å². The lowest BCUT2D eigenvalue weighted by molar-refractivity contribution is -0.0328. The number of piperazine rings is 1. The molecule has 6 heteroatoms. The second-order valence-electron chi connectivity index (χ2n) is 5.56. The fourth-order valence-corrected chi connectivity index (χ4v) is 3.38. The van der Waals surface area contributed by atoms with Gasteiger partial charge in [-0.25, -0.2) is 0 Å². The molecule has 1 saturated heterocycles. The lowest BCUT2D eigenvalue weighted by atomic mass is 9.99. The molecule has 0 aliphatic carbocycles. The van der Waals surface area contributed by atoms with E-state index in [9.17, 15) is 13.2 Å². The van der Waals surface area contributed by atoms with Crippen molar-refractivity contribution in [2.75, 3.05) is 26.2 Å². The van der Waals surface area contributed by atoms with Crippen molar-refractivity contribution in [1.29, 1.82) is 0 Å². The van der Waals surface area contributed by atoms with Crippen molar-refractivity contribution >= 4 is 11.8 Å². The molecule has 0 radical (unpaired) electrons. The molecule has 1 aromatic rings. The molecule has 1 fully saturated rings. The molecule has 0 saturated carbocycles. The van der Waals surface area contributed by atoms with Crippen LogP contribution in [0.1, 0.15) is 37.8 Å². The monoisotopic (exact) mass is 332 g/mol. The summed E-state index contributed by atoms with van der Waals surface area (Å²) in [4.78, 5) is 2.70. The second-order valence-corrected chi connectivity index (χ2v) is 6.70. The highest BCUT2D eigenvalue weighted by Crippen LogP contribution is 2.37. The van der Waals surface area contributed by atoms with Crippen LogP contribution in [-0.2, 0) is 0 Å². The van der Waals surface area contributed by atoms with Crippen LogP contribution in [0.3, 0.4) is 0 Å². The van der Waals surface area contributed by atoms with Gasteiger partial charge < -0.3 is 5.32 Å². The highest BCUT2D eigenvalue weighted by Gasteiger charge is 2.29. The Morgan fingerprint density at radius 2 is 1.82 bits per heavy atom. The van der Waals surface area contributed by atoms with Gasteiger partial charge in [-0.05, 0) is 35.9 Å².